The summed E-state index contributed by atoms with van der Waals surface area (Å²) in [6.45, 7) is 3.28. The lowest BCUT2D eigenvalue weighted by molar-refractivity contribution is -0.122. The van der Waals surface area contributed by atoms with Crippen molar-refractivity contribution in [2.45, 2.75) is 30.7 Å². The average Bonchev–Trinajstić information content (AvgIpc) is 2.62. The Morgan fingerprint density at radius 2 is 1.74 bits per heavy atom. The summed E-state index contributed by atoms with van der Waals surface area (Å²) in [6, 6.07) is 12.9. The van der Waals surface area contributed by atoms with Crippen LogP contribution in [0.5, 0.6) is 5.75 Å². The molecule has 0 fully saturated rings. The summed E-state index contributed by atoms with van der Waals surface area (Å²) in [5.74, 6) is 0.0289. The number of carbonyl (C=O) groups excluding carboxylic acids is 1. The first-order valence-electron chi connectivity index (χ1n) is 8.33. The van der Waals surface area contributed by atoms with Gasteiger partial charge in [0.05, 0.1) is 25.7 Å². The van der Waals surface area contributed by atoms with Crippen LogP contribution in [-0.2, 0) is 21.2 Å². The predicted octanol–water partition coefficient (Wildman–Crippen LogP) is 1.93. The summed E-state index contributed by atoms with van der Waals surface area (Å²) in [4.78, 5) is 12.1. The molecular weight excluding hydrogens is 368 g/mol. The van der Waals surface area contributed by atoms with Crippen LogP contribution in [0.4, 0.5) is 5.69 Å². The number of benzene rings is 2. The van der Waals surface area contributed by atoms with Crippen LogP contribution in [0.25, 0.3) is 0 Å². The zero-order valence-corrected chi connectivity index (χ0v) is 16.3. The number of ether oxygens (including phenoxy) is 1. The molecule has 0 radical (unpaired) electrons. The number of amides is 1. The molecule has 0 saturated carbocycles. The van der Waals surface area contributed by atoms with E-state index in [-0.39, 0.29) is 29.6 Å². The minimum atomic E-state index is -3.80. The molecule has 146 valence electrons. The third-order valence-corrected chi connectivity index (χ3v) is 5.22. The molecule has 0 aliphatic heterocycles. The summed E-state index contributed by atoms with van der Waals surface area (Å²) in [5.41, 5.74) is 0.406. The van der Waals surface area contributed by atoms with Crippen molar-refractivity contribution in [1.82, 2.24) is 5.32 Å². The second-order valence-electron chi connectivity index (χ2n) is 6.72. The van der Waals surface area contributed by atoms with E-state index in [1.54, 1.807) is 56.3 Å². The second kappa shape index (κ2) is 8.41. The largest absolute Gasteiger partial charge is 0.495 e. The number of hydrogen-bond donors (Lipinski definition) is 3. The van der Waals surface area contributed by atoms with E-state index in [9.17, 15) is 18.3 Å². The van der Waals surface area contributed by atoms with Crippen LogP contribution in [-0.4, -0.2) is 38.7 Å². The van der Waals surface area contributed by atoms with Crippen molar-refractivity contribution in [1.29, 1.82) is 0 Å². The van der Waals surface area contributed by atoms with Gasteiger partial charge in [-0.15, -0.1) is 0 Å². The van der Waals surface area contributed by atoms with E-state index in [2.05, 4.69) is 10.0 Å². The third kappa shape index (κ3) is 5.70. The van der Waals surface area contributed by atoms with E-state index in [1.165, 1.54) is 13.2 Å². The molecule has 2 rings (SSSR count). The van der Waals surface area contributed by atoms with Crippen molar-refractivity contribution in [3.8, 4) is 5.75 Å². The summed E-state index contributed by atoms with van der Waals surface area (Å²) in [7, 11) is -2.39. The minimum absolute atomic E-state index is 0.0437. The van der Waals surface area contributed by atoms with Crippen molar-refractivity contribution in [2.75, 3.05) is 18.4 Å². The Labute approximate surface area is 159 Å². The Kier molecular flexibility index (Phi) is 6.45. The predicted molar refractivity (Wildman–Crippen MR) is 103 cm³/mol. The van der Waals surface area contributed by atoms with E-state index < -0.39 is 15.6 Å². The molecule has 2 aromatic carbocycles. The molecule has 0 aromatic heterocycles. The summed E-state index contributed by atoms with van der Waals surface area (Å²) in [5, 5.41) is 11.9. The molecule has 0 saturated heterocycles. The highest BCUT2D eigenvalue weighted by Crippen LogP contribution is 2.25. The summed E-state index contributed by atoms with van der Waals surface area (Å²) in [6.07, 6.45) is 0.128. The van der Waals surface area contributed by atoms with Gasteiger partial charge in [0.15, 0.2) is 0 Å². The van der Waals surface area contributed by atoms with Gasteiger partial charge in [0.25, 0.3) is 10.0 Å². The highest BCUT2D eigenvalue weighted by atomic mass is 32.2. The van der Waals surface area contributed by atoms with E-state index in [1.807, 2.05) is 0 Å². The monoisotopic (exact) mass is 392 g/mol. The van der Waals surface area contributed by atoms with Crippen LogP contribution in [0, 0.1) is 0 Å². The average molecular weight is 392 g/mol. The molecule has 0 atom stereocenters. The van der Waals surface area contributed by atoms with Gasteiger partial charge in [-0.2, -0.15) is 0 Å². The molecule has 0 spiro atoms. The summed E-state index contributed by atoms with van der Waals surface area (Å²) >= 11 is 0. The number of sulfonamides is 1. The van der Waals surface area contributed by atoms with Gasteiger partial charge in [-0.1, -0.05) is 24.3 Å². The molecule has 0 unspecified atom stereocenters. The molecule has 0 aliphatic carbocycles. The number of methoxy groups -OCH3 is 1. The highest BCUT2D eigenvalue weighted by molar-refractivity contribution is 7.92. The third-order valence-electron chi connectivity index (χ3n) is 3.80. The lowest BCUT2D eigenvalue weighted by Crippen LogP contribution is -2.46. The van der Waals surface area contributed by atoms with Gasteiger partial charge in [0.2, 0.25) is 5.91 Å². The Morgan fingerprint density at radius 3 is 2.33 bits per heavy atom. The number of nitrogens with one attached hydrogen (secondary N) is 2. The SMILES string of the molecule is COc1ccccc1S(=O)(=O)Nc1ccc(CC(=O)NC(C)(C)CO)cc1. The Balaban J connectivity index is 2.08. The smallest absolute Gasteiger partial charge is 0.265 e. The van der Waals surface area contributed by atoms with Crippen LogP contribution in [0.1, 0.15) is 19.4 Å². The van der Waals surface area contributed by atoms with Gasteiger partial charge in [-0.3, -0.25) is 9.52 Å². The number of rotatable bonds is 8. The Morgan fingerprint density at radius 1 is 1.11 bits per heavy atom. The molecular formula is C19H24N2O5S. The topological polar surface area (TPSA) is 105 Å². The number of aliphatic hydroxyl groups excluding tert-OH is 1. The Hall–Kier alpha value is -2.58. The van der Waals surface area contributed by atoms with E-state index in [0.717, 1.165) is 5.56 Å². The van der Waals surface area contributed by atoms with Crippen molar-refractivity contribution in [2.24, 2.45) is 0 Å². The van der Waals surface area contributed by atoms with E-state index >= 15 is 0 Å². The number of hydrogen-bond acceptors (Lipinski definition) is 5. The molecule has 27 heavy (non-hydrogen) atoms. The number of aliphatic hydroxyl groups is 1. The van der Waals surface area contributed by atoms with E-state index in [0.29, 0.717) is 5.69 Å². The van der Waals surface area contributed by atoms with Crippen molar-refractivity contribution >= 4 is 21.6 Å². The van der Waals surface area contributed by atoms with Crippen molar-refractivity contribution in [3.05, 3.63) is 54.1 Å². The van der Waals surface area contributed by atoms with Gasteiger partial charge in [-0.05, 0) is 43.7 Å². The highest BCUT2D eigenvalue weighted by Gasteiger charge is 2.20. The maximum atomic E-state index is 12.6. The van der Waals surface area contributed by atoms with Gasteiger partial charge in [0, 0.05) is 5.69 Å². The fourth-order valence-corrected chi connectivity index (χ4v) is 3.62. The first kappa shape index (κ1) is 20.7. The zero-order valence-electron chi connectivity index (χ0n) is 15.5. The molecule has 8 heteroatoms. The van der Waals surface area contributed by atoms with Gasteiger partial charge in [-0.25, -0.2) is 8.42 Å². The molecule has 3 N–H and O–H groups in total. The van der Waals surface area contributed by atoms with Crippen LogP contribution in [0.3, 0.4) is 0 Å². The van der Waals surface area contributed by atoms with Crippen molar-refractivity contribution < 1.29 is 23.1 Å². The van der Waals surface area contributed by atoms with Crippen molar-refractivity contribution in [3.63, 3.8) is 0 Å². The van der Waals surface area contributed by atoms with Gasteiger partial charge in [0.1, 0.15) is 10.6 Å². The maximum absolute atomic E-state index is 12.6. The summed E-state index contributed by atoms with van der Waals surface area (Å²) < 4.78 is 32.7. The second-order valence-corrected chi connectivity index (χ2v) is 8.37. The zero-order chi connectivity index (χ0) is 20.1. The molecule has 0 heterocycles. The van der Waals surface area contributed by atoms with Crippen LogP contribution in [0.15, 0.2) is 53.4 Å². The number of anilines is 1. The quantitative estimate of drug-likeness (QED) is 0.637. The lowest BCUT2D eigenvalue weighted by Gasteiger charge is -2.23. The fraction of sp³-hybridized carbons (Fsp3) is 0.316. The normalized spacial score (nSPS) is 11.7. The van der Waals surface area contributed by atoms with Crippen LogP contribution in [0.2, 0.25) is 0 Å². The molecule has 7 nitrogen and oxygen atoms in total. The molecule has 0 bridgehead atoms. The fourth-order valence-electron chi connectivity index (χ4n) is 2.39. The Bertz CT molecular complexity index is 893. The standard InChI is InChI=1S/C19H24N2O5S/c1-19(2,13-22)20-18(23)12-14-8-10-15(11-9-14)21-27(24,25)17-7-5-4-6-16(17)26-3/h4-11,21-22H,12-13H2,1-3H3,(H,20,23). The number of para-hydroxylation sites is 1. The molecule has 2 aromatic rings. The molecule has 0 aliphatic rings. The van der Waals surface area contributed by atoms with Crippen LogP contribution >= 0.6 is 0 Å². The van der Waals surface area contributed by atoms with Crippen LogP contribution < -0.4 is 14.8 Å². The lowest BCUT2D eigenvalue weighted by atomic mass is 10.1. The minimum Gasteiger partial charge on any atom is -0.495 e. The van der Waals surface area contributed by atoms with Gasteiger partial charge >= 0.3 is 0 Å². The maximum Gasteiger partial charge on any atom is 0.265 e. The number of carbonyl (C=O) groups is 1. The van der Waals surface area contributed by atoms with E-state index in [4.69, 9.17) is 4.74 Å². The van der Waals surface area contributed by atoms with Gasteiger partial charge < -0.3 is 15.2 Å². The molecule has 1 amide bonds. The first-order valence-corrected chi connectivity index (χ1v) is 9.82. The first-order chi connectivity index (χ1) is 12.7.